The summed E-state index contributed by atoms with van der Waals surface area (Å²) in [6.07, 6.45) is 3.51. The lowest BCUT2D eigenvalue weighted by Gasteiger charge is -2.12. The van der Waals surface area contributed by atoms with Crippen molar-refractivity contribution in [2.75, 3.05) is 16.8 Å². The molecule has 0 atom stereocenters. The van der Waals surface area contributed by atoms with Crippen molar-refractivity contribution in [2.24, 2.45) is 0 Å². The van der Waals surface area contributed by atoms with Gasteiger partial charge >= 0.3 is 6.03 Å². The topological polar surface area (TPSA) is 93.8 Å². The Kier molecular flexibility index (Phi) is 2.65. The first-order valence-electron chi connectivity index (χ1n) is 6.04. The Labute approximate surface area is 109 Å². The van der Waals surface area contributed by atoms with Gasteiger partial charge in [0.25, 0.3) is 5.95 Å². The molecule has 0 fully saturated rings. The van der Waals surface area contributed by atoms with E-state index in [0.29, 0.717) is 12.5 Å². The number of rotatable bonds is 2. The molecule has 0 saturated carbocycles. The number of amides is 2. The van der Waals surface area contributed by atoms with Crippen molar-refractivity contribution in [1.82, 2.24) is 29.8 Å². The third kappa shape index (κ3) is 2.02. The van der Waals surface area contributed by atoms with Crippen LogP contribution in [-0.4, -0.2) is 42.3 Å². The number of urea groups is 1. The average molecular weight is 262 g/mol. The fraction of sp³-hybridized carbons (Fsp3) is 0.500. The molecule has 0 unspecified atom stereocenters. The van der Waals surface area contributed by atoms with Gasteiger partial charge in [0.05, 0.1) is 6.04 Å². The van der Waals surface area contributed by atoms with E-state index < -0.39 is 0 Å². The third-order valence-corrected chi connectivity index (χ3v) is 2.85. The van der Waals surface area contributed by atoms with E-state index in [-0.39, 0.29) is 18.0 Å². The van der Waals surface area contributed by atoms with Crippen LogP contribution in [-0.2, 0) is 6.54 Å². The second kappa shape index (κ2) is 4.34. The van der Waals surface area contributed by atoms with Gasteiger partial charge in [0.2, 0.25) is 5.95 Å². The number of hydrogen-bond donors (Lipinski definition) is 1. The summed E-state index contributed by atoms with van der Waals surface area (Å²) >= 11 is 0. The van der Waals surface area contributed by atoms with Crippen LogP contribution in [0.5, 0.6) is 0 Å². The number of aromatic nitrogens is 6. The van der Waals surface area contributed by atoms with Gasteiger partial charge in [-0.25, -0.2) is 9.78 Å². The van der Waals surface area contributed by atoms with Crippen LogP contribution in [0.2, 0.25) is 0 Å². The van der Waals surface area contributed by atoms with Crippen LogP contribution in [0.15, 0.2) is 12.4 Å². The van der Waals surface area contributed by atoms with E-state index in [2.05, 4.69) is 25.7 Å². The molecule has 1 N–H and O–H groups in total. The van der Waals surface area contributed by atoms with E-state index in [9.17, 15) is 4.79 Å². The molecule has 3 heterocycles. The minimum atomic E-state index is -0.298. The summed E-state index contributed by atoms with van der Waals surface area (Å²) in [6.45, 7) is 5.21. The number of anilines is 2. The summed E-state index contributed by atoms with van der Waals surface area (Å²) in [4.78, 5) is 19.2. The van der Waals surface area contributed by atoms with Gasteiger partial charge in [-0.05, 0) is 19.1 Å². The fourth-order valence-electron chi connectivity index (χ4n) is 1.88. The molecular formula is C10H14N8O. The van der Waals surface area contributed by atoms with Gasteiger partial charge in [-0.2, -0.15) is 4.80 Å². The van der Waals surface area contributed by atoms with Gasteiger partial charge in [-0.3, -0.25) is 10.2 Å². The van der Waals surface area contributed by atoms with Crippen LogP contribution < -0.4 is 10.2 Å². The number of nitrogens with one attached hydrogen (secondary N) is 1. The molecule has 100 valence electrons. The summed E-state index contributed by atoms with van der Waals surface area (Å²) in [7, 11) is 0. The van der Waals surface area contributed by atoms with Crippen molar-refractivity contribution in [3.63, 3.8) is 0 Å². The van der Waals surface area contributed by atoms with Crippen molar-refractivity contribution in [1.29, 1.82) is 0 Å². The Morgan fingerprint density at radius 3 is 3.00 bits per heavy atom. The fourth-order valence-corrected chi connectivity index (χ4v) is 1.88. The van der Waals surface area contributed by atoms with E-state index in [1.54, 1.807) is 11.1 Å². The van der Waals surface area contributed by atoms with Crippen LogP contribution in [0.3, 0.4) is 0 Å². The largest absolute Gasteiger partial charge is 0.331 e. The first-order valence-corrected chi connectivity index (χ1v) is 6.04. The molecule has 1 aliphatic heterocycles. The van der Waals surface area contributed by atoms with Gasteiger partial charge in [0.15, 0.2) is 0 Å². The molecule has 3 rings (SSSR count). The quantitative estimate of drug-likeness (QED) is 0.850. The second-order valence-electron chi connectivity index (χ2n) is 4.53. The highest BCUT2D eigenvalue weighted by Gasteiger charge is 2.26. The average Bonchev–Trinajstić information content (AvgIpc) is 3.03. The Hall–Kier alpha value is -2.45. The van der Waals surface area contributed by atoms with Gasteiger partial charge in [0.1, 0.15) is 0 Å². The summed E-state index contributed by atoms with van der Waals surface area (Å²) in [5.74, 6) is 0.831. The molecule has 0 spiro atoms. The van der Waals surface area contributed by atoms with Crippen molar-refractivity contribution in [3.05, 3.63) is 12.4 Å². The Morgan fingerprint density at radius 2 is 2.26 bits per heavy atom. The SMILES string of the molecule is CC(C)n1nnc(NC(=O)N2CCn3ccnc32)n1. The maximum atomic E-state index is 12.1. The molecular weight excluding hydrogens is 248 g/mol. The molecule has 2 amide bonds. The van der Waals surface area contributed by atoms with Crippen molar-refractivity contribution >= 4 is 17.9 Å². The third-order valence-electron chi connectivity index (χ3n) is 2.85. The molecule has 19 heavy (non-hydrogen) atoms. The normalized spacial score (nSPS) is 13.9. The Balaban J connectivity index is 1.72. The number of imidazole rings is 1. The molecule has 9 heteroatoms. The number of hydrogen-bond acceptors (Lipinski definition) is 5. The van der Waals surface area contributed by atoms with E-state index >= 15 is 0 Å². The second-order valence-corrected chi connectivity index (χ2v) is 4.53. The van der Waals surface area contributed by atoms with E-state index in [0.717, 1.165) is 6.54 Å². The summed E-state index contributed by atoms with van der Waals surface area (Å²) in [6, 6.07) is -0.197. The van der Waals surface area contributed by atoms with Gasteiger partial charge in [0, 0.05) is 25.5 Å². The first kappa shape index (κ1) is 11.6. The highest BCUT2D eigenvalue weighted by Crippen LogP contribution is 2.18. The predicted octanol–water partition coefficient (Wildman–Crippen LogP) is 0.503. The van der Waals surface area contributed by atoms with Crippen LogP contribution in [0.1, 0.15) is 19.9 Å². The molecule has 0 bridgehead atoms. The number of fused-ring (bicyclic) bond motifs is 1. The summed E-state index contributed by atoms with van der Waals surface area (Å²) < 4.78 is 1.91. The molecule has 9 nitrogen and oxygen atoms in total. The number of tetrazole rings is 1. The van der Waals surface area contributed by atoms with Crippen LogP contribution in [0.4, 0.5) is 16.7 Å². The zero-order chi connectivity index (χ0) is 13.4. The Morgan fingerprint density at radius 1 is 1.42 bits per heavy atom. The van der Waals surface area contributed by atoms with Crippen molar-refractivity contribution < 1.29 is 4.79 Å². The maximum absolute atomic E-state index is 12.1. The minimum absolute atomic E-state index is 0.101. The molecule has 0 aliphatic carbocycles. The van der Waals surface area contributed by atoms with Gasteiger partial charge < -0.3 is 4.57 Å². The number of nitrogens with zero attached hydrogens (tertiary/aromatic N) is 7. The standard InChI is InChI=1S/C10H14N8O/c1-7(2)18-14-8(13-15-18)12-10(19)17-6-5-16-4-3-11-9(16)17/h3-4,7H,5-6H2,1-2H3,(H,12,14,19). The predicted molar refractivity (Wildman–Crippen MR) is 66.8 cm³/mol. The van der Waals surface area contributed by atoms with Gasteiger partial charge in [-0.1, -0.05) is 5.10 Å². The monoisotopic (exact) mass is 262 g/mol. The van der Waals surface area contributed by atoms with Crippen molar-refractivity contribution in [2.45, 2.75) is 26.4 Å². The van der Waals surface area contributed by atoms with Gasteiger partial charge in [-0.15, -0.1) is 5.10 Å². The highest BCUT2D eigenvalue weighted by molar-refractivity contribution is 5.99. The molecule has 2 aromatic rings. The van der Waals surface area contributed by atoms with Crippen LogP contribution >= 0.6 is 0 Å². The Bertz CT molecular complexity index is 600. The number of carbonyl (C=O) groups is 1. The molecule has 2 aromatic heterocycles. The van der Waals surface area contributed by atoms with Crippen LogP contribution in [0.25, 0.3) is 0 Å². The molecule has 0 aromatic carbocycles. The lowest BCUT2D eigenvalue weighted by atomic mass is 10.4. The minimum Gasteiger partial charge on any atom is -0.315 e. The summed E-state index contributed by atoms with van der Waals surface area (Å²) in [5, 5.41) is 14.3. The first-order chi connectivity index (χ1) is 9.15. The zero-order valence-electron chi connectivity index (χ0n) is 10.7. The highest BCUT2D eigenvalue weighted by atomic mass is 16.2. The van der Waals surface area contributed by atoms with E-state index in [1.165, 1.54) is 4.80 Å². The van der Waals surface area contributed by atoms with E-state index in [1.807, 2.05) is 24.6 Å². The molecule has 1 aliphatic rings. The number of carbonyl (C=O) groups excluding carboxylic acids is 1. The van der Waals surface area contributed by atoms with Crippen molar-refractivity contribution in [3.8, 4) is 0 Å². The van der Waals surface area contributed by atoms with E-state index in [4.69, 9.17) is 0 Å². The lowest BCUT2D eigenvalue weighted by Crippen LogP contribution is -2.34. The van der Waals surface area contributed by atoms with Crippen LogP contribution in [0, 0.1) is 0 Å². The summed E-state index contributed by atoms with van der Waals surface area (Å²) in [5.41, 5.74) is 0. The lowest BCUT2D eigenvalue weighted by molar-refractivity contribution is 0.257. The maximum Gasteiger partial charge on any atom is 0.331 e. The molecule has 0 radical (unpaired) electrons. The smallest absolute Gasteiger partial charge is 0.315 e. The zero-order valence-corrected chi connectivity index (χ0v) is 10.7. The molecule has 0 saturated heterocycles.